The zero-order valence-corrected chi connectivity index (χ0v) is 8.78. The van der Waals surface area contributed by atoms with Gasteiger partial charge < -0.3 is 15.3 Å². The summed E-state index contributed by atoms with van der Waals surface area (Å²) in [5.41, 5.74) is 0.519. The van der Waals surface area contributed by atoms with E-state index in [4.69, 9.17) is 5.11 Å². The number of hydrogen-bond acceptors (Lipinski definition) is 5. The van der Waals surface area contributed by atoms with Crippen molar-refractivity contribution in [3.63, 3.8) is 0 Å². The second kappa shape index (κ2) is 4.52. The molecule has 0 fully saturated rings. The van der Waals surface area contributed by atoms with Gasteiger partial charge in [-0.25, -0.2) is 0 Å². The molecular formula is C12H10N2O3. The van der Waals surface area contributed by atoms with Gasteiger partial charge in [0.1, 0.15) is 28.6 Å². The van der Waals surface area contributed by atoms with Gasteiger partial charge in [0.2, 0.25) is 0 Å². The highest BCUT2D eigenvalue weighted by Crippen LogP contribution is 2.32. The molecule has 0 atom stereocenters. The summed E-state index contributed by atoms with van der Waals surface area (Å²) in [5.74, 6) is -0.220. The van der Waals surface area contributed by atoms with Crippen molar-refractivity contribution >= 4 is 11.4 Å². The number of nitrogens with zero attached hydrogens (tertiary/aromatic N) is 2. The molecule has 0 aliphatic carbocycles. The lowest BCUT2D eigenvalue weighted by Gasteiger charge is -1.99. The van der Waals surface area contributed by atoms with Gasteiger partial charge in [-0.05, 0) is 24.3 Å². The van der Waals surface area contributed by atoms with Crippen LogP contribution in [0.5, 0.6) is 17.2 Å². The molecule has 5 nitrogen and oxygen atoms in total. The van der Waals surface area contributed by atoms with E-state index in [1.807, 2.05) is 0 Å². The number of benzene rings is 2. The molecule has 0 amide bonds. The van der Waals surface area contributed by atoms with Gasteiger partial charge in [0.05, 0.1) is 0 Å². The number of para-hydroxylation sites is 1. The summed E-state index contributed by atoms with van der Waals surface area (Å²) in [7, 11) is 0. The number of azo groups is 1. The molecule has 0 aliphatic rings. The third kappa shape index (κ3) is 2.52. The predicted octanol–water partition coefficient (Wildman–Crippen LogP) is 3.22. The maximum Gasteiger partial charge on any atom is 0.146 e. The standard InChI is InChI=1S/C12H10N2O3/c15-8-5-6-10(12(17)7-8)14-13-9-3-1-2-4-11(9)16/h1-7,15-17H/b14-13+. The van der Waals surface area contributed by atoms with Crippen LogP contribution in [0.25, 0.3) is 0 Å². The Morgan fingerprint density at radius 3 is 2.00 bits per heavy atom. The fourth-order valence-corrected chi connectivity index (χ4v) is 1.25. The highest BCUT2D eigenvalue weighted by atomic mass is 16.3. The normalized spacial score (nSPS) is 10.8. The summed E-state index contributed by atoms with van der Waals surface area (Å²) in [6.45, 7) is 0. The SMILES string of the molecule is Oc1ccc(/N=N/c2ccccc2O)c(O)c1. The second-order valence-electron chi connectivity index (χ2n) is 3.36. The highest BCUT2D eigenvalue weighted by Gasteiger charge is 2.01. The summed E-state index contributed by atoms with van der Waals surface area (Å²) < 4.78 is 0. The van der Waals surface area contributed by atoms with Crippen LogP contribution in [0.15, 0.2) is 52.7 Å². The van der Waals surface area contributed by atoms with Crippen molar-refractivity contribution in [3.8, 4) is 17.2 Å². The molecule has 2 aromatic rings. The maximum atomic E-state index is 9.46. The number of aromatic hydroxyl groups is 3. The maximum absolute atomic E-state index is 9.46. The number of phenolic OH excluding ortho intramolecular Hbond substituents is 3. The van der Waals surface area contributed by atoms with Gasteiger partial charge in [-0.3, -0.25) is 0 Å². The minimum Gasteiger partial charge on any atom is -0.508 e. The van der Waals surface area contributed by atoms with Crippen molar-refractivity contribution in [3.05, 3.63) is 42.5 Å². The van der Waals surface area contributed by atoms with Gasteiger partial charge in [-0.1, -0.05) is 12.1 Å². The zero-order valence-electron chi connectivity index (χ0n) is 8.78. The van der Waals surface area contributed by atoms with Crippen LogP contribution in [0, 0.1) is 0 Å². The first-order valence-corrected chi connectivity index (χ1v) is 4.88. The average Bonchev–Trinajstić information content (AvgIpc) is 2.30. The van der Waals surface area contributed by atoms with Gasteiger partial charge in [0, 0.05) is 6.07 Å². The molecule has 86 valence electrons. The molecule has 3 N–H and O–H groups in total. The van der Waals surface area contributed by atoms with Crippen molar-refractivity contribution in [2.24, 2.45) is 10.2 Å². The number of phenols is 3. The molecule has 0 saturated heterocycles. The van der Waals surface area contributed by atoms with Crippen LogP contribution >= 0.6 is 0 Å². The third-order valence-corrected chi connectivity index (χ3v) is 2.11. The third-order valence-electron chi connectivity index (χ3n) is 2.11. The van der Waals surface area contributed by atoms with E-state index in [0.717, 1.165) is 0 Å². The van der Waals surface area contributed by atoms with E-state index in [1.54, 1.807) is 18.2 Å². The Kier molecular flexibility index (Phi) is 2.91. The summed E-state index contributed by atoms with van der Waals surface area (Å²) in [6, 6.07) is 10.4. The lowest BCUT2D eigenvalue weighted by Crippen LogP contribution is -1.69. The summed E-state index contributed by atoms with van der Waals surface area (Å²) >= 11 is 0. The number of rotatable bonds is 2. The van der Waals surface area contributed by atoms with Crippen LogP contribution in [0.3, 0.4) is 0 Å². The fraction of sp³-hybridized carbons (Fsp3) is 0. The van der Waals surface area contributed by atoms with Gasteiger partial charge >= 0.3 is 0 Å². The molecule has 5 heteroatoms. The predicted molar refractivity (Wildman–Crippen MR) is 62.1 cm³/mol. The smallest absolute Gasteiger partial charge is 0.146 e. The monoisotopic (exact) mass is 230 g/mol. The van der Waals surface area contributed by atoms with E-state index in [0.29, 0.717) is 5.69 Å². The molecule has 0 spiro atoms. The van der Waals surface area contributed by atoms with Crippen LogP contribution in [0.4, 0.5) is 11.4 Å². The van der Waals surface area contributed by atoms with Crippen LogP contribution < -0.4 is 0 Å². The molecule has 0 saturated carbocycles. The zero-order chi connectivity index (χ0) is 12.3. The van der Waals surface area contributed by atoms with Crippen LogP contribution in [0.2, 0.25) is 0 Å². The van der Waals surface area contributed by atoms with E-state index >= 15 is 0 Å². The van der Waals surface area contributed by atoms with E-state index in [9.17, 15) is 10.2 Å². The molecule has 0 heterocycles. The molecule has 0 aromatic heterocycles. The molecule has 2 rings (SSSR count). The topological polar surface area (TPSA) is 85.4 Å². The first-order valence-electron chi connectivity index (χ1n) is 4.88. The van der Waals surface area contributed by atoms with Crippen molar-refractivity contribution < 1.29 is 15.3 Å². The Morgan fingerprint density at radius 2 is 1.35 bits per heavy atom. The molecule has 0 bridgehead atoms. The Labute approximate surface area is 97.3 Å². The lowest BCUT2D eigenvalue weighted by molar-refractivity contribution is 0.451. The lowest BCUT2D eigenvalue weighted by atomic mass is 10.3. The summed E-state index contributed by atoms with van der Waals surface area (Å²) in [4.78, 5) is 0. The molecule has 0 radical (unpaired) electrons. The minimum atomic E-state index is -0.177. The van der Waals surface area contributed by atoms with Crippen LogP contribution in [-0.2, 0) is 0 Å². The van der Waals surface area contributed by atoms with Crippen molar-refractivity contribution in [1.29, 1.82) is 0 Å². The van der Waals surface area contributed by atoms with Crippen LogP contribution in [0.1, 0.15) is 0 Å². The Hall–Kier alpha value is -2.56. The van der Waals surface area contributed by atoms with E-state index in [-0.39, 0.29) is 22.9 Å². The Morgan fingerprint density at radius 1 is 0.706 bits per heavy atom. The molecule has 2 aromatic carbocycles. The summed E-state index contributed by atoms with van der Waals surface area (Å²) in [5, 5.41) is 35.6. The van der Waals surface area contributed by atoms with E-state index < -0.39 is 0 Å². The van der Waals surface area contributed by atoms with Gasteiger partial charge in [-0.2, -0.15) is 0 Å². The molecule has 0 aliphatic heterocycles. The first-order chi connectivity index (χ1) is 8.16. The van der Waals surface area contributed by atoms with E-state index in [2.05, 4.69) is 10.2 Å². The highest BCUT2D eigenvalue weighted by molar-refractivity contribution is 5.55. The largest absolute Gasteiger partial charge is 0.508 e. The van der Waals surface area contributed by atoms with Crippen molar-refractivity contribution in [2.45, 2.75) is 0 Å². The van der Waals surface area contributed by atoms with Gasteiger partial charge in [0.25, 0.3) is 0 Å². The molecule has 0 unspecified atom stereocenters. The minimum absolute atomic E-state index is 0.00881. The first kappa shape index (κ1) is 10.9. The number of hydrogen-bond donors (Lipinski definition) is 3. The summed E-state index contributed by atoms with van der Waals surface area (Å²) in [6.07, 6.45) is 0. The van der Waals surface area contributed by atoms with E-state index in [1.165, 1.54) is 24.3 Å². The van der Waals surface area contributed by atoms with Crippen molar-refractivity contribution in [1.82, 2.24) is 0 Å². The van der Waals surface area contributed by atoms with Gasteiger partial charge in [0.15, 0.2) is 0 Å². The van der Waals surface area contributed by atoms with Crippen LogP contribution in [-0.4, -0.2) is 15.3 Å². The van der Waals surface area contributed by atoms with Gasteiger partial charge in [-0.15, -0.1) is 10.2 Å². The molecular weight excluding hydrogens is 220 g/mol. The Balaban J connectivity index is 2.29. The quantitative estimate of drug-likeness (QED) is 0.692. The fourth-order valence-electron chi connectivity index (χ4n) is 1.25. The average molecular weight is 230 g/mol. The Bertz CT molecular complexity index is 567. The van der Waals surface area contributed by atoms with Crippen molar-refractivity contribution in [2.75, 3.05) is 0 Å². The second-order valence-corrected chi connectivity index (χ2v) is 3.36. The molecule has 17 heavy (non-hydrogen) atoms.